The molecule has 1 fully saturated rings. The second-order valence-corrected chi connectivity index (χ2v) is 8.06. The van der Waals surface area contributed by atoms with Gasteiger partial charge in [0.2, 0.25) is 0 Å². The van der Waals surface area contributed by atoms with E-state index in [1.54, 1.807) is 6.92 Å². The van der Waals surface area contributed by atoms with Crippen LogP contribution in [-0.2, 0) is 4.79 Å². The fourth-order valence-corrected chi connectivity index (χ4v) is 3.53. The molecule has 1 N–H and O–H groups in total. The van der Waals surface area contributed by atoms with Gasteiger partial charge in [-0.1, -0.05) is 36.8 Å². The van der Waals surface area contributed by atoms with Crippen LogP contribution in [0.15, 0.2) is 48.5 Å². The molecular weight excluding hydrogens is 348 g/mol. The van der Waals surface area contributed by atoms with Crippen LogP contribution in [0.4, 0.5) is 5.69 Å². The van der Waals surface area contributed by atoms with E-state index in [2.05, 4.69) is 41.4 Å². The van der Waals surface area contributed by atoms with E-state index in [9.17, 15) is 4.79 Å². The van der Waals surface area contributed by atoms with Crippen molar-refractivity contribution in [3.63, 3.8) is 0 Å². The van der Waals surface area contributed by atoms with Crippen LogP contribution < -0.4 is 15.0 Å². The van der Waals surface area contributed by atoms with Gasteiger partial charge >= 0.3 is 0 Å². The Morgan fingerprint density at radius 2 is 1.64 bits per heavy atom. The van der Waals surface area contributed by atoms with Gasteiger partial charge in [0, 0.05) is 18.8 Å². The Morgan fingerprint density at radius 3 is 2.25 bits per heavy atom. The summed E-state index contributed by atoms with van der Waals surface area (Å²) in [5.74, 6) is 1.43. The quantitative estimate of drug-likeness (QED) is 0.777. The van der Waals surface area contributed by atoms with Gasteiger partial charge in [0.05, 0.1) is 6.04 Å². The van der Waals surface area contributed by atoms with E-state index in [1.165, 1.54) is 24.1 Å². The molecule has 150 valence electrons. The lowest BCUT2D eigenvalue weighted by Crippen LogP contribution is -2.37. The molecular formula is C24H32N2O2. The molecule has 1 saturated heterocycles. The zero-order valence-corrected chi connectivity index (χ0v) is 17.4. The first-order chi connectivity index (χ1) is 13.4. The average molecular weight is 381 g/mol. The van der Waals surface area contributed by atoms with Crippen LogP contribution in [0.25, 0.3) is 0 Å². The number of ether oxygens (including phenoxy) is 1. The number of carbonyl (C=O) groups excluding carboxylic acids is 1. The number of hydrogen-bond donors (Lipinski definition) is 1. The summed E-state index contributed by atoms with van der Waals surface area (Å²) in [6.07, 6.45) is 1.97. The normalized spacial score (nSPS) is 17.1. The number of anilines is 1. The van der Waals surface area contributed by atoms with Crippen LogP contribution in [0, 0.1) is 12.8 Å². The third kappa shape index (κ3) is 5.28. The maximum Gasteiger partial charge on any atom is 0.261 e. The topological polar surface area (TPSA) is 41.6 Å². The van der Waals surface area contributed by atoms with Crippen molar-refractivity contribution in [2.75, 3.05) is 18.0 Å². The zero-order chi connectivity index (χ0) is 20.1. The lowest BCUT2D eigenvalue weighted by atomic mass is 9.98. The highest BCUT2D eigenvalue weighted by molar-refractivity contribution is 5.81. The van der Waals surface area contributed by atoms with Gasteiger partial charge in [-0.05, 0) is 69.4 Å². The molecule has 0 aliphatic carbocycles. The van der Waals surface area contributed by atoms with Crippen molar-refractivity contribution >= 4 is 11.6 Å². The Hall–Kier alpha value is -2.49. The van der Waals surface area contributed by atoms with Gasteiger partial charge in [0.25, 0.3) is 5.91 Å². The largest absolute Gasteiger partial charge is 0.481 e. The van der Waals surface area contributed by atoms with E-state index < -0.39 is 6.10 Å². The Balaban J connectivity index is 1.53. The van der Waals surface area contributed by atoms with Crippen molar-refractivity contribution in [2.24, 2.45) is 5.92 Å². The predicted molar refractivity (Wildman–Crippen MR) is 115 cm³/mol. The third-order valence-electron chi connectivity index (χ3n) is 5.60. The summed E-state index contributed by atoms with van der Waals surface area (Å²) in [5.41, 5.74) is 3.54. The first-order valence-corrected chi connectivity index (χ1v) is 10.3. The molecule has 1 heterocycles. The lowest BCUT2D eigenvalue weighted by Gasteiger charge is -2.32. The summed E-state index contributed by atoms with van der Waals surface area (Å²) in [5, 5.41) is 3.05. The van der Waals surface area contributed by atoms with Crippen molar-refractivity contribution < 1.29 is 9.53 Å². The molecule has 0 unspecified atom stereocenters. The molecule has 2 aromatic rings. The highest BCUT2D eigenvalue weighted by atomic mass is 16.5. The van der Waals surface area contributed by atoms with E-state index in [0.717, 1.165) is 24.6 Å². The van der Waals surface area contributed by atoms with Crippen molar-refractivity contribution in [1.82, 2.24) is 5.32 Å². The van der Waals surface area contributed by atoms with Crippen LogP contribution in [0.3, 0.4) is 0 Å². The van der Waals surface area contributed by atoms with Crippen LogP contribution in [0.1, 0.15) is 50.8 Å². The Labute approximate surface area is 168 Å². The molecule has 0 bridgehead atoms. The summed E-state index contributed by atoms with van der Waals surface area (Å²) in [6, 6.07) is 16.2. The van der Waals surface area contributed by atoms with Crippen LogP contribution in [0.5, 0.6) is 5.75 Å². The summed E-state index contributed by atoms with van der Waals surface area (Å²) in [4.78, 5) is 14.9. The number of amides is 1. The smallest absolute Gasteiger partial charge is 0.261 e. The minimum Gasteiger partial charge on any atom is -0.481 e. The van der Waals surface area contributed by atoms with E-state index in [-0.39, 0.29) is 11.9 Å². The number of benzene rings is 2. The Morgan fingerprint density at radius 1 is 1.04 bits per heavy atom. The van der Waals surface area contributed by atoms with E-state index in [4.69, 9.17) is 4.74 Å². The first-order valence-electron chi connectivity index (χ1n) is 10.3. The number of nitrogens with zero attached hydrogens (tertiary/aromatic N) is 1. The number of hydrogen-bond acceptors (Lipinski definition) is 3. The van der Waals surface area contributed by atoms with Crippen LogP contribution in [0.2, 0.25) is 0 Å². The first kappa shape index (κ1) is 20.2. The average Bonchev–Trinajstić information content (AvgIpc) is 2.70. The predicted octanol–water partition coefficient (Wildman–Crippen LogP) is 4.88. The summed E-state index contributed by atoms with van der Waals surface area (Å²) < 4.78 is 5.76. The van der Waals surface area contributed by atoms with Crippen molar-refractivity contribution in [3.8, 4) is 5.75 Å². The van der Waals surface area contributed by atoms with Gasteiger partial charge in [0.15, 0.2) is 6.10 Å². The molecule has 1 amide bonds. The van der Waals surface area contributed by atoms with Gasteiger partial charge in [0.1, 0.15) is 5.75 Å². The molecule has 1 aliphatic rings. The van der Waals surface area contributed by atoms with Crippen LogP contribution in [-0.4, -0.2) is 25.1 Å². The molecule has 2 atom stereocenters. The van der Waals surface area contributed by atoms with Gasteiger partial charge in [-0.15, -0.1) is 0 Å². The second kappa shape index (κ2) is 9.13. The van der Waals surface area contributed by atoms with Crippen molar-refractivity contribution in [2.45, 2.75) is 52.7 Å². The monoisotopic (exact) mass is 380 g/mol. The molecule has 4 nitrogen and oxygen atoms in total. The maximum atomic E-state index is 12.5. The fraction of sp³-hybridized carbons (Fsp3) is 0.458. The molecule has 3 rings (SSSR count). The molecule has 0 radical (unpaired) electrons. The zero-order valence-electron chi connectivity index (χ0n) is 17.4. The SMILES string of the molecule is Cc1ccc(O[C@H](C)C(=O)N[C@@H](C)c2ccc(N3CCC(C)CC3)cc2)cc1. The number of rotatable bonds is 6. The number of piperidine rings is 1. The van der Waals surface area contributed by atoms with Gasteiger partial charge < -0.3 is 15.0 Å². The molecule has 1 aliphatic heterocycles. The summed E-state index contributed by atoms with van der Waals surface area (Å²) in [6.45, 7) is 10.4. The lowest BCUT2D eigenvalue weighted by molar-refractivity contribution is -0.127. The second-order valence-electron chi connectivity index (χ2n) is 8.06. The fourth-order valence-electron chi connectivity index (χ4n) is 3.53. The van der Waals surface area contributed by atoms with Gasteiger partial charge in [-0.3, -0.25) is 4.79 Å². The molecule has 0 aromatic heterocycles. The molecule has 0 spiro atoms. The van der Waals surface area contributed by atoms with Gasteiger partial charge in [-0.25, -0.2) is 0 Å². The van der Waals surface area contributed by atoms with Crippen LogP contribution >= 0.6 is 0 Å². The van der Waals surface area contributed by atoms with Gasteiger partial charge in [-0.2, -0.15) is 0 Å². The van der Waals surface area contributed by atoms with E-state index >= 15 is 0 Å². The highest BCUT2D eigenvalue weighted by Crippen LogP contribution is 2.24. The summed E-state index contributed by atoms with van der Waals surface area (Å²) in [7, 11) is 0. The molecule has 2 aromatic carbocycles. The number of nitrogens with one attached hydrogen (secondary N) is 1. The Bertz CT molecular complexity index is 762. The maximum absolute atomic E-state index is 12.5. The van der Waals surface area contributed by atoms with E-state index in [0.29, 0.717) is 5.75 Å². The number of carbonyl (C=O) groups is 1. The van der Waals surface area contributed by atoms with E-state index in [1.807, 2.05) is 38.1 Å². The standard InChI is InChI=1S/C24H32N2O2/c1-17-5-11-23(12-6-17)28-20(4)24(27)25-19(3)21-7-9-22(10-8-21)26-15-13-18(2)14-16-26/h5-12,18-20H,13-16H2,1-4H3,(H,25,27)/t19-,20+/m0/s1. The number of aryl methyl sites for hydroxylation is 1. The summed E-state index contributed by atoms with van der Waals surface area (Å²) >= 11 is 0. The highest BCUT2D eigenvalue weighted by Gasteiger charge is 2.19. The molecule has 4 heteroatoms. The minimum atomic E-state index is -0.542. The Kier molecular flexibility index (Phi) is 6.61. The van der Waals surface area contributed by atoms with Crippen molar-refractivity contribution in [1.29, 1.82) is 0 Å². The minimum absolute atomic E-state index is 0.0630. The molecule has 28 heavy (non-hydrogen) atoms. The molecule has 0 saturated carbocycles. The third-order valence-corrected chi connectivity index (χ3v) is 5.60. The van der Waals surface area contributed by atoms with Crippen molar-refractivity contribution in [3.05, 3.63) is 59.7 Å².